The smallest absolute Gasteiger partial charge is 0.302 e. The van der Waals surface area contributed by atoms with E-state index in [4.69, 9.17) is 8.83 Å². The molecule has 0 saturated heterocycles. The van der Waals surface area contributed by atoms with Crippen LogP contribution in [0.25, 0.3) is 39.2 Å². The van der Waals surface area contributed by atoms with Crippen LogP contribution in [0.4, 0.5) is 0 Å². The van der Waals surface area contributed by atoms with Crippen molar-refractivity contribution in [1.29, 1.82) is 0 Å². The van der Waals surface area contributed by atoms with Gasteiger partial charge >= 0.3 is 5.78 Å². The predicted molar refractivity (Wildman–Crippen MR) is 94.1 cm³/mol. The highest BCUT2D eigenvalue weighted by atomic mass is 16.5. The average molecular weight is 338 g/mol. The van der Waals surface area contributed by atoms with Crippen LogP contribution in [-0.2, 0) is 0 Å². The van der Waals surface area contributed by atoms with Crippen molar-refractivity contribution in [3.63, 3.8) is 0 Å². The molecule has 0 aliphatic carbocycles. The van der Waals surface area contributed by atoms with E-state index in [-0.39, 0.29) is 44.9 Å². The molecule has 3 N–H and O–H groups in total. The van der Waals surface area contributed by atoms with Crippen molar-refractivity contribution in [2.75, 3.05) is 0 Å². The lowest BCUT2D eigenvalue weighted by molar-refractivity contribution is 0.450. The lowest BCUT2D eigenvalue weighted by atomic mass is 10.0. The van der Waals surface area contributed by atoms with Gasteiger partial charge in [0.15, 0.2) is 5.58 Å². The van der Waals surface area contributed by atoms with E-state index in [1.807, 2.05) is 13.8 Å². The van der Waals surface area contributed by atoms with Gasteiger partial charge in [0.1, 0.15) is 33.6 Å². The Labute approximate surface area is 140 Å². The highest BCUT2D eigenvalue weighted by molar-refractivity contribution is 6.08. The normalized spacial score (nSPS) is 11.4. The Morgan fingerprint density at radius 2 is 1.76 bits per heavy atom. The quantitative estimate of drug-likeness (QED) is 0.480. The van der Waals surface area contributed by atoms with Crippen molar-refractivity contribution in [2.45, 2.75) is 13.8 Å². The van der Waals surface area contributed by atoms with Gasteiger partial charge in [-0.2, -0.15) is 0 Å². The third kappa shape index (κ3) is 2.15. The third-order valence-electron chi connectivity index (χ3n) is 4.00. The summed E-state index contributed by atoms with van der Waals surface area (Å²) in [6.45, 7) is 3.66. The van der Waals surface area contributed by atoms with Crippen LogP contribution in [-0.4, -0.2) is 15.3 Å². The van der Waals surface area contributed by atoms with Crippen molar-refractivity contribution in [3.05, 3.63) is 45.6 Å². The van der Waals surface area contributed by atoms with Crippen molar-refractivity contribution >= 4 is 39.2 Å². The number of hydrogen-bond donors (Lipinski definition) is 3. The van der Waals surface area contributed by atoms with E-state index in [1.54, 1.807) is 12.1 Å². The SMILES string of the molecule is CC(C)=Cc1c(O)cc(O)c2c(=O)c3c(oc4cc(O)ccc43)oc12. The minimum atomic E-state index is -0.471. The fraction of sp³-hybridized carbons (Fsp3) is 0.105. The molecule has 0 radical (unpaired) electrons. The average Bonchev–Trinajstić information content (AvgIpc) is 2.88. The summed E-state index contributed by atoms with van der Waals surface area (Å²) in [6, 6.07) is 5.48. The summed E-state index contributed by atoms with van der Waals surface area (Å²) in [7, 11) is 0. The molecule has 6 heteroatoms. The molecule has 0 aliphatic rings. The molecule has 4 aromatic rings. The molecule has 0 atom stereocenters. The zero-order valence-electron chi connectivity index (χ0n) is 13.5. The van der Waals surface area contributed by atoms with Crippen molar-refractivity contribution in [3.8, 4) is 17.2 Å². The molecule has 0 saturated carbocycles. The summed E-state index contributed by atoms with van der Waals surface area (Å²) in [5.74, 6) is -0.620. The standard InChI is InChI=1S/C19H14O6/c1-8(2)5-11-12(21)7-13(22)16-17(23)15-10-4-3-9(20)6-14(10)24-19(15)25-18(11)16/h3-7,20-22H,1-2H3. The van der Waals surface area contributed by atoms with Crippen LogP contribution in [0.2, 0.25) is 0 Å². The first-order valence-corrected chi connectivity index (χ1v) is 7.58. The predicted octanol–water partition coefficient (Wildman–Crippen LogP) is 4.23. The Morgan fingerprint density at radius 1 is 1.00 bits per heavy atom. The van der Waals surface area contributed by atoms with Gasteiger partial charge in [-0.05, 0) is 32.1 Å². The number of aromatic hydroxyl groups is 3. The van der Waals surface area contributed by atoms with E-state index in [0.29, 0.717) is 11.0 Å². The molecule has 0 aliphatic heterocycles. The molecule has 0 bridgehead atoms. The minimum Gasteiger partial charge on any atom is -0.508 e. The second-order valence-electron chi connectivity index (χ2n) is 6.13. The maximum absolute atomic E-state index is 13.0. The Hall–Kier alpha value is -3.41. The lowest BCUT2D eigenvalue weighted by Crippen LogP contribution is -2.02. The van der Waals surface area contributed by atoms with Crippen LogP contribution in [0.3, 0.4) is 0 Å². The zero-order chi connectivity index (χ0) is 17.9. The maximum atomic E-state index is 13.0. The zero-order valence-corrected chi connectivity index (χ0v) is 13.5. The van der Waals surface area contributed by atoms with Crippen LogP contribution >= 0.6 is 0 Å². The van der Waals surface area contributed by atoms with Gasteiger partial charge in [0.25, 0.3) is 0 Å². The highest BCUT2D eigenvalue weighted by Crippen LogP contribution is 2.38. The maximum Gasteiger partial charge on any atom is 0.302 e. The third-order valence-corrected chi connectivity index (χ3v) is 4.00. The molecule has 126 valence electrons. The Balaban J connectivity index is 2.28. The van der Waals surface area contributed by atoms with Crippen LogP contribution in [0.1, 0.15) is 19.4 Å². The monoisotopic (exact) mass is 338 g/mol. The summed E-state index contributed by atoms with van der Waals surface area (Å²) in [4.78, 5) is 13.0. The fourth-order valence-electron chi connectivity index (χ4n) is 2.97. The summed E-state index contributed by atoms with van der Waals surface area (Å²) < 4.78 is 11.3. The van der Waals surface area contributed by atoms with Crippen molar-refractivity contribution in [1.82, 2.24) is 0 Å². The molecule has 6 nitrogen and oxygen atoms in total. The second kappa shape index (κ2) is 5.04. The van der Waals surface area contributed by atoms with Crippen LogP contribution in [0.5, 0.6) is 17.2 Å². The van der Waals surface area contributed by atoms with E-state index in [1.165, 1.54) is 12.1 Å². The van der Waals surface area contributed by atoms with Gasteiger partial charge in [-0.3, -0.25) is 4.79 Å². The molecule has 0 unspecified atom stereocenters. The van der Waals surface area contributed by atoms with Crippen molar-refractivity contribution < 1.29 is 24.2 Å². The summed E-state index contributed by atoms with van der Waals surface area (Å²) >= 11 is 0. The van der Waals surface area contributed by atoms with Gasteiger partial charge in [-0.25, -0.2) is 0 Å². The molecule has 2 aromatic heterocycles. The lowest BCUT2D eigenvalue weighted by Gasteiger charge is -2.07. The molecule has 0 amide bonds. The van der Waals surface area contributed by atoms with E-state index < -0.39 is 5.43 Å². The van der Waals surface area contributed by atoms with Gasteiger partial charge in [-0.15, -0.1) is 0 Å². The topological polar surface area (TPSA) is 104 Å². The first-order chi connectivity index (χ1) is 11.9. The number of allylic oxidation sites excluding steroid dienone is 1. The van der Waals surface area contributed by atoms with Gasteiger partial charge in [0.05, 0.1) is 5.56 Å². The van der Waals surface area contributed by atoms with Crippen LogP contribution in [0, 0.1) is 0 Å². The number of rotatable bonds is 1. The first kappa shape index (κ1) is 15.1. The summed E-state index contributed by atoms with van der Waals surface area (Å²) in [5, 5.41) is 30.5. The Bertz CT molecular complexity index is 1250. The van der Waals surface area contributed by atoms with Gasteiger partial charge in [0, 0.05) is 17.5 Å². The van der Waals surface area contributed by atoms with Gasteiger partial charge in [0.2, 0.25) is 5.43 Å². The molecule has 25 heavy (non-hydrogen) atoms. The summed E-state index contributed by atoms with van der Waals surface area (Å²) in [5.41, 5.74) is 1.02. The van der Waals surface area contributed by atoms with Crippen LogP contribution < -0.4 is 5.43 Å². The van der Waals surface area contributed by atoms with E-state index in [2.05, 4.69) is 0 Å². The number of phenolic OH excluding ortho intramolecular Hbond substituents is 3. The molecule has 2 aromatic carbocycles. The number of hydrogen-bond acceptors (Lipinski definition) is 6. The fourth-order valence-corrected chi connectivity index (χ4v) is 2.97. The summed E-state index contributed by atoms with van der Waals surface area (Å²) in [6.07, 6.45) is 1.65. The van der Waals surface area contributed by atoms with Gasteiger partial charge < -0.3 is 24.2 Å². The number of benzene rings is 2. The largest absolute Gasteiger partial charge is 0.508 e. The highest BCUT2D eigenvalue weighted by Gasteiger charge is 2.21. The molecule has 0 fully saturated rings. The van der Waals surface area contributed by atoms with E-state index in [9.17, 15) is 20.1 Å². The number of phenols is 3. The first-order valence-electron chi connectivity index (χ1n) is 7.58. The second-order valence-corrected chi connectivity index (χ2v) is 6.13. The number of furan rings is 1. The van der Waals surface area contributed by atoms with Crippen molar-refractivity contribution in [2.24, 2.45) is 0 Å². The van der Waals surface area contributed by atoms with Gasteiger partial charge in [-0.1, -0.05) is 5.57 Å². The Morgan fingerprint density at radius 3 is 2.48 bits per heavy atom. The number of fused-ring (bicyclic) bond motifs is 4. The molecule has 2 heterocycles. The van der Waals surface area contributed by atoms with E-state index >= 15 is 0 Å². The van der Waals surface area contributed by atoms with Crippen LogP contribution in [0.15, 0.2) is 43.5 Å². The van der Waals surface area contributed by atoms with E-state index in [0.717, 1.165) is 11.6 Å². The molecular weight excluding hydrogens is 324 g/mol. The molecular formula is C19H14O6. The minimum absolute atomic E-state index is 0.00529. The molecule has 0 spiro atoms. The molecule has 4 rings (SSSR count). The Kier molecular flexibility index (Phi) is 3.05.